The molecule has 0 radical (unpaired) electrons. The van der Waals surface area contributed by atoms with Crippen LogP contribution in [0.2, 0.25) is 5.02 Å². The average Bonchev–Trinajstić information content (AvgIpc) is 2.53. The summed E-state index contributed by atoms with van der Waals surface area (Å²) in [6, 6.07) is 3.51. The Morgan fingerprint density at radius 2 is 1.88 bits per heavy atom. The van der Waals surface area contributed by atoms with Crippen molar-refractivity contribution in [1.82, 2.24) is 5.32 Å². The molecule has 0 atom stereocenters. The number of rotatable bonds is 9. The highest BCUT2D eigenvalue weighted by molar-refractivity contribution is 6.32. The molecule has 24 heavy (non-hydrogen) atoms. The Balaban J connectivity index is 1.69. The zero-order valence-electron chi connectivity index (χ0n) is 13.5. The zero-order chi connectivity index (χ0) is 17.4. The Morgan fingerprint density at radius 1 is 1.12 bits per heavy atom. The van der Waals surface area contributed by atoms with E-state index in [-0.39, 0.29) is 18.7 Å². The number of carboxylic acids is 1. The van der Waals surface area contributed by atoms with Crippen molar-refractivity contribution < 1.29 is 24.2 Å². The number of fused-ring (bicyclic) bond motifs is 1. The molecule has 0 spiro atoms. The Hall–Kier alpha value is -1.95. The van der Waals surface area contributed by atoms with Gasteiger partial charge in [-0.25, -0.2) is 0 Å². The van der Waals surface area contributed by atoms with E-state index < -0.39 is 5.97 Å². The Bertz CT molecular complexity index is 591. The van der Waals surface area contributed by atoms with Gasteiger partial charge in [0.15, 0.2) is 11.5 Å². The molecule has 2 rings (SSSR count). The lowest BCUT2D eigenvalue weighted by atomic mass is 10.1. The summed E-state index contributed by atoms with van der Waals surface area (Å²) < 4.78 is 10.9. The van der Waals surface area contributed by atoms with Gasteiger partial charge in [0, 0.05) is 13.0 Å². The van der Waals surface area contributed by atoms with Crippen LogP contribution < -0.4 is 14.8 Å². The molecule has 1 aromatic carbocycles. The number of benzene rings is 1. The van der Waals surface area contributed by atoms with Gasteiger partial charge in [-0.1, -0.05) is 24.4 Å². The van der Waals surface area contributed by atoms with Crippen molar-refractivity contribution in [2.24, 2.45) is 0 Å². The molecular formula is C17H22ClNO5. The monoisotopic (exact) mass is 355 g/mol. The number of carbonyl (C=O) groups is 2. The van der Waals surface area contributed by atoms with Crippen LogP contribution in [0.5, 0.6) is 11.5 Å². The molecule has 1 amide bonds. The fourth-order valence-corrected chi connectivity index (χ4v) is 2.78. The van der Waals surface area contributed by atoms with Crippen molar-refractivity contribution in [1.29, 1.82) is 0 Å². The van der Waals surface area contributed by atoms with Crippen LogP contribution >= 0.6 is 11.6 Å². The third-order valence-corrected chi connectivity index (χ3v) is 3.94. The number of unbranched alkanes of at least 4 members (excludes halogenated alkanes) is 3. The summed E-state index contributed by atoms with van der Waals surface area (Å²) in [5, 5.41) is 11.9. The summed E-state index contributed by atoms with van der Waals surface area (Å²) >= 11 is 6.15. The Labute approximate surface area is 146 Å². The van der Waals surface area contributed by atoms with Gasteiger partial charge < -0.3 is 19.9 Å². The number of carbonyl (C=O) groups excluding carboxylic acids is 1. The summed E-state index contributed by atoms with van der Waals surface area (Å²) in [6.45, 7) is 1.53. The number of amides is 1. The van der Waals surface area contributed by atoms with Crippen LogP contribution in [0.15, 0.2) is 12.1 Å². The highest BCUT2D eigenvalue weighted by Gasteiger charge is 2.17. The molecule has 1 aliphatic rings. The Kier molecular flexibility index (Phi) is 7.18. The normalized spacial score (nSPS) is 12.7. The number of ether oxygens (including phenoxy) is 2. The van der Waals surface area contributed by atoms with Crippen molar-refractivity contribution in [3.05, 3.63) is 22.7 Å². The van der Waals surface area contributed by atoms with Crippen LogP contribution in [0.1, 0.15) is 37.7 Å². The number of carboxylic acid groups (broad SMARTS) is 1. The van der Waals surface area contributed by atoms with Gasteiger partial charge in [-0.05, 0) is 30.5 Å². The van der Waals surface area contributed by atoms with Gasteiger partial charge in [-0.2, -0.15) is 0 Å². The predicted molar refractivity (Wildman–Crippen MR) is 89.9 cm³/mol. The fraction of sp³-hybridized carbons (Fsp3) is 0.529. The minimum Gasteiger partial charge on any atom is -0.486 e. The molecular weight excluding hydrogens is 334 g/mol. The van der Waals surface area contributed by atoms with Gasteiger partial charge in [-0.15, -0.1) is 0 Å². The van der Waals surface area contributed by atoms with Gasteiger partial charge in [0.2, 0.25) is 5.91 Å². The summed E-state index contributed by atoms with van der Waals surface area (Å²) in [5.74, 6) is 0.276. The quantitative estimate of drug-likeness (QED) is 0.665. The highest BCUT2D eigenvalue weighted by atomic mass is 35.5. The predicted octanol–water partition coefficient (Wildman–Crippen LogP) is 2.81. The van der Waals surface area contributed by atoms with Gasteiger partial charge in [0.25, 0.3) is 0 Å². The summed E-state index contributed by atoms with van der Waals surface area (Å²) in [5.41, 5.74) is 0.781. The van der Waals surface area contributed by atoms with E-state index in [1.807, 2.05) is 0 Å². The second-order valence-corrected chi connectivity index (χ2v) is 6.09. The number of nitrogens with one attached hydrogen (secondary N) is 1. The largest absolute Gasteiger partial charge is 0.486 e. The van der Waals surface area contributed by atoms with Crippen molar-refractivity contribution in [2.45, 2.75) is 38.5 Å². The molecule has 1 heterocycles. The van der Waals surface area contributed by atoms with Crippen LogP contribution in [-0.2, 0) is 16.0 Å². The van der Waals surface area contributed by atoms with E-state index in [0.717, 1.165) is 24.8 Å². The molecule has 1 aromatic rings. The van der Waals surface area contributed by atoms with E-state index in [0.29, 0.717) is 42.7 Å². The van der Waals surface area contributed by atoms with Gasteiger partial charge in [0.1, 0.15) is 13.2 Å². The smallest absolute Gasteiger partial charge is 0.303 e. The second-order valence-electron chi connectivity index (χ2n) is 5.69. The zero-order valence-corrected chi connectivity index (χ0v) is 14.2. The minimum atomic E-state index is -0.763. The van der Waals surface area contributed by atoms with Crippen LogP contribution in [0.25, 0.3) is 0 Å². The molecule has 0 saturated carbocycles. The van der Waals surface area contributed by atoms with E-state index in [1.165, 1.54) is 0 Å². The molecule has 0 bridgehead atoms. The molecule has 132 valence electrons. The molecule has 0 fully saturated rings. The van der Waals surface area contributed by atoms with Crippen molar-refractivity contribution in [3.63, 3.8) is 0 Å². The lowest BCUT2D eigenvalue weighted by Crippen LogP contribution is -2.26. The molecule has 7 heteroatoms. The Morgan fingerprint density at radius 3 is 2.67 bits per heavy atom. The third-order valence-electron chi connectivity index (χ3n) is 3.66. The first-order valence-corrected chi connectivity index (χ1v) is 8.50. The van der Waals surface area contributed by atoms with E-state index in [9.17, 15) is 9.59 Å². The first-order chi connectivity index (χ1) is 11.6. The molecule has 0 aromatic heterocycles. The summed E-state index contributed by atoms with van der Waals surface area (Å²) in [7, 11) is 0. The maximum Gasteiger partial charge on any atom is 0.303 e. The molecule has 0 unspecified atom stereocenters. The lowest BCUT2D eigenvalue weighted by molar-refractivity contribution is -0.137. The maximum absolute atomic E-state index is 12.0. The average molecular weight is 356 g/mol. The van der Waals surface area contributed by atoms with E-state index in [2.05, 4.69) is 5.32 Å². The SMILES string of the molecule is O=C(O)CCCCCCNC(=O)Cc1cc(Cl)c2c(c1)OCCO2. The number of hydrogen-bond acceptors (Lipinski definition) is 4. The minimum absolute atomic E-state index is 0.0757. The molecule has 0 saturated heterocycles. The highest BCUT2D eigenvalue weighted by Crippen LogP contribution is 2.38. The third kappa shape index (κ3) is 5.92. The summed E-state index contributed by atoms with van der Waals surface area (Å²) in [6.07, 6.45) is 3.72. The molecule has 6 nitrogen and oxygen atoms in total. The maximum atomic E-state index is 12.0. The van der Waals surface area contributed by atoms with Gasteiger partial charge in [0.05, 0.1) is 11.4 Å². The lowest BCUT2D eigenvalue weighted by Gasteiger charge is -2.20. The van der Waals surface area contributed by atoms with Crippen molar-refractivity contribution >= 4 is 23.5 Å². The van der Waals surface area contributed by atoms with E-state index >= 15 is 0 Å². The van der Waals surface area contributed by atoms with Crippen LogP contribution in [0.3, 0.4) is 0 Å². The van der Waals surface area contributed by atoms with Gasteiger partial charge >= 0.3 is 5.97 Å². The molecule has 1 aliphatic heterocycles. The number of aliphatic carboxylic acids is 1. The van der Waals surface area contributed by atoms with Crippen molar-refractivity contribution in [2.75, 3.05) is 19.8 Å². The standard InChI is InChI=1S/C17H22ClNO5/c18-13-9-12(10-14-17(13)24-8-7-23-14)11-15(20)19-6-4-2-1-3-5-16(21)22/h9-10H,1-8,11H2,(H,19,20)(H,21,22). The topological polar surface area (TPSA) is 84.9 Å². The van der Waals surface area contributed by atoms with Crippen LogP contribution in [0, 0.1) is 0 Å². The van der Waals surface area contributed by atoms with E-state index in [1.54, 1.807) is 12.1 Å². The van der Waals surface area contributed by atoms with Crippen LogP contribution in [-0.4, -0.2) is 36.7 Å². The summed E-state index contributed by atoms with van der Waals surface area (Å²) in [4.78, 5) is 22.3. The van der Waals surface area contributed by atoms with E-state index in [4.69, 9.17) is 26.2 Å². The fourth-order valence-electron chi connectivity index (χ4n) is 2.50. The number of hydrogen-bond donors (Lipinski definition) is 2. The first kappa shape index (κ1) is 18.4. The first-order valence-electron chi connectivity index (χ1n) is 8.13. The van der Waals surface area contributed by atoms with Crippen LogP contribution in [0.4, 0.5) is 0 Å². The molecule has 0 aliphatic carbocycles. The van der Waals surface area contributed by atoms with Crippen molar-refractivity contribution in [3.8, 4) is 11.5 Å². The molecule has 2 N–H and O–H groups in total. The second kappa shape index (κ2) is 9.37. The van der Waals surface area contributed by atoms with Gasteiger partial charge in [-0.3, -0.25) is 9.59 Å². The number of halogens is 1.